The van der Waals surface area contributed by atoms with Gasteiger partial charge in [-0.3, -0.25) is 4.79 Å². The predicted octanol–water partition coefficient (Wildman–Crippen LogP) is 3.27. The topological polar surface area (TPSA) is 102 Å². The molecule has 0 saturated heterocycles. The fourth-order valence-corrected chi connectivity index (χ4v) is 2.38. The molecule has 2 aromatic carbocycles. The van der Waals surface area contributed by atoms with Crippen LogP contribution in [0.1, 0.15) is 20.7 Å². The summed E-state index contributed by atoms with van der Waals surface area (Å²) in [5.41, 5.74) is 1.84. The number of carbonyl (C=O) groups is 2. The van der Waals surface area contributed by atoms with Crippen LogP contribution in [-0.2, 0) is 4.74 Å². The largest absolute Gasteiger partial charge is 0.497 e. The monoisotopic (exact) mass is 378 g/mol. The number of ether oxygens (including phenoxy) is 2. The lowest BCUT2D eigenvalue weighted by Crippen LogP contribution is -2.13. The Kier molecular flexibility index (Phi) is 5.81. The molecule has 3 rings (SSSR count). The van der Waals surface area contributed by atoms with Gasteiger partial charge in [0.15, 0.2) is 0 Å². The van der Waals surface area contributed by atoms with Gasteiger partial charge in [-0.05, 0) is 30.3 Å². The van der Waals surface area contributed by atoms with Crippen molar-refractivity contribution in [1.29, 1.82) is 0 Å². The van der Waals surface area contributed by atoms with Crippen molar-refractivity contribution in [1.82, 2.24) is 9.97 Å². The maximum atomic E-state index is 12.4. The molecule has 0 spiro atoms. The number of nitrogens with one attached hydrogen (secondary N) is 2. The van der Waals surface area contributed by atoms with Crippen LogP contribution < -0.4 is 15.4 Å². The highest BCUT2D eigenvalue weighted by atomic mass is 16.5. The molecule has 1 aromatic heterocycles. The molecule has 28 heavy (non-hydrogen) atoms. The molecule has 0 saturated carbocycles. The molecule has 0 aliphatic carbocycles. The van der Waals surface area contributed by atoms with Crippen LogP contribution in [0.4, 0.5) is 17.3 Å². The van der Waals surface area contributed by atoms with Crippen LogP contribution in [0.2, 0.25) is 0 Å². The van der Waals surface area contributed by atoms with E-state index in [1.165, 1.54) is 25.6 Å². The number of amides is 1. The number of anilines is 3. The second kappa shape index (κ2) is 8.63. The van der Waals surface area contributed by atoms with Gasteiger partial charge in [0.1, 0.15) is 5.75 Å². The minimum absolute atomic E-state index is 0.277. The van der Waals surface area contributed by atoms with E-state index in [9.17, 15) is 9.59 Å². The van der Waals surface area contributed by atoms with Crippen LogP contribution in [0.3, 0.4) is 0 Å². The summed E-state index contributed by atoms with van der Waals surface area (Å²) < 4.78 is 9.84. The van der Waals surface area contributed by atoms with Gasteiger partial charge in [-0.25, -0.2) is 14.8 Å². The third kappa shape index (κ3) is 4.61. The van der Waals surface area contributed by atoms with E-state index in [0.717, 1.165) is 5.69 Å². The van der Waals surface area contributed by atoms with Gasteiger partial charge < -0.3 is 20.1 Å². The molecule has 8 heteroatoms. The van der Waals surface area contributed by atoms with Gasteiger partial charge in [-0.15, -0.1) is 0 Å². The van der Waals surface area contributed by atoms with E-state index >= 15 is 0 Å². The molecule has 0 bridgehead atoms. The molecule has 1 amide bonds. The predicted molar refractivity (Wildman–Crippen MR) is 104 cm³/mol. The van der Waals surface area contributed by atoms with Crippen LogP contribution in [0.25, 0.3) is 0 Å². The van der Waals surface area contributed by atoms with Gasteiger partial charge in [0.05, 0.1) is 25.3 Å². The summed E-state index contributed by atoms with van der Waals surface area (Å²) in [6, 6.07) is 13.8. The second-order valence-electron chi connectivity index (χ2n) is 5.68. The number of rotatable bonds is 6. The molecule has 0 aliphatic heterocycles. The molecule has 0 radical (unpaired) electrons. The molecule has 3 aromatic rings. The summed E-state index contributed by atoms with van der Waals surface area (Å²) in [5.74, 6) is 0.176. The summed E-state index contributed by atoms with van der Waals surface area (Å²) in [4.78, 5) is 32.3. The second-order valence-corrected chi connectivity index (χ2v) is 5.68. The van der Waals surface area contributed by atoms with Crippen LogP contribution in [-0.4, -0.2) is 36.1 Å². The first-order valence-electron chi connectivity index (χ1n) is 8.32. The summed E-state index contributed by atoms with van der Waals surface area (Å²) >= 11 is 0. The number of hydrogen-bond acceptors (Lipinski definition) is 7. The number of nitrogens with zero attached hydrogens (tertiary/aromatic N) is 2. The van der Waals surface area contributed by atoms with E-state index in [1.54, 1.807) is 31.4 Å². The van der Waals surface area contributed by atoms with Crippen LogP contribution >= 0.6 is 0 Å². The molecule has 0 atom stereocenters. The summed E-state index contributed by atoms with van der Waals surface area (Å²) in [6.45, 7) is 0. The highest BCUT2D eigenvalue weighted by Crippen LogP contribution is 2.19. The van der Waals surface area contributed by atoms with Crippen molar-refractivity contribution in [3.05, 3.63) is 72.1 Å². The van der Waals surface area contributed by atoms with E-state index in [1.807, 2.05) is 18.2 Å². The summed E-state index contributed by atoms with van der Waals surface area (Å²) in [7, 11) is 2.88. The van der Waals surface area contributed by atoms with Crippen molar-refractivity contribution in [2.75, 3.05) is 24.9 Å². The minimum atomic E-state index is -0.479. The van der Waals surface area contributed by atoms with E-state index in [0.29, 0.717) is 22.9 Å². The SMILES string of the molecule is COC(=O)c1cccc(NC(=O)c2cnc(Nc3cccc(OC)c3)nc2)c1. The Morgan fingerprint density at radius 2 is 1.61 bits per heavy atom. The molecule has 1 heterocycles. The lowest BCUT2D eigenvalue weighted by atomic mass is 10.2. The van der Waals surface area contributed by atoms with Crippen LogP contribution in [0.15, 0.2) is 60.9 Å². The van der Waals surface area contributed by atoms with Crippen LogP contribution in [0, 0.1) is 0 Å². The first kappa shape index (κ1) is 18.8. The van der Waals surface area contributed by atoms with Gasteiger partial charge in [-0.2, -0.15) is 0 Å². The normalized spacial score (nSPS) is 10.1. The third-order valence-corrected chi connectivity index (χ3v) is 3.78. The van der Waals surface area contributed by atoms with E-state index in [2.05, 4.69) is 25.3 Å². The Labute approximate surface area is 161 Å². The van der Waals surface area contributed by atoms with E-state index < -0.39 is 11.9 Å². The first-order valence-corrected chi connectivity index (χ1v) is 8.32. The summed E-state index contributed by atoms with van der Waals surface area (Å²) in [5, 5.41) is 5.73. The average Bonchev–Trinajstić information content (AvgIpc) is 2.74. The highest BCUT2D eigenvalue weighted by molar-refractivity contribution is 6.04. The van der Waals surface area contributed by atoms with Crippen LogP contribution in [0.5, 0.6) is 5.75 Å². The highest BCUT2D eigenvalue weighted by Gasteiger charge is 2.10. The number of carbonyl (C=O) groups excluding carboxylic acids is 2. The molecular formula is C20H18N4O4. The maximum absolute atomic E-state index is 12.4. The molecule has 0 unspecified atom stereocenters. The smallest absolute Gasteiger partial charge is 0.337 e. The zero-order valence-corrected chi connectivity index (χ0v) is 15.3. The molecule has 0 aliphatic rings. The van der Waals surface area contributed by atoms with E-state index in [4.69, 9.17) is 4.74 Å². The van der Waals surface area contributed by atoms with E-state index in [-0.39, 0.29) is 5.56 Å². The van der Waals surface area contributed by atoms with Crippen molar-refractivity contribution in [3.63, 3.8) is 0 Å². The van der Waals surface area contributed by atoms with Crippen molar-refractivity contribution < 1.29 is 19.1 Å². The summed E-state index contributed by atoms with van der Waals surface area (Å²) in [6.07, 6.45) is 2.82. The Balaban J connectivity index is 1.67. The third-order valence-electron chi connectivity index (χ3n) is 3.78. The fourth-order valence-electron chi connectivity index (χ4n) is 2.38. The fraction of sp³-hybridized carbons (Fsp3) is 0.100. The maximum Gasteiger partial charge on any atom is 0.337 e. The zero-order chi connectivity index (χ0) is 19.9. The van der Waals surface area contributed by atoms with Gasteiger partial charge in [0.2, 0.25) is 5.95 Å². The number of esters is 1. The molecule has 0 fully saturated rings. The standard InChI is InChI=1S/C20H18N4O4/c1-27-17-8-4-7-16(10-17)24-20-21-11-14(12-22-20)18(25)23-15-6-3-5-13(9-15)19(26)28-2/h3-12H,1-2H3,(H,23,25)(H,21,22,24). The zero-order valence-electron chi connectivity index (χ0n) is 15.3. The van der Waals surface area contributed by atoms with Gasteiger partial charge in [-0.1, -0.05) is 12.1 Å². The number of hydrogen-bond donors (Lipinski definition) is 2. The van der Waals surface area contributed by atoms with Gasteiger partial charge >= 0.3 is 5.97 Å². The minimum Gasteiger partial charge on any atom is -0.497 e. The molecule has 2 N–H and O–H groups in total. The molecule has 142 valence electrons. The lowest BCUT2D eigenvalue weighted by molar-refractivity contribution is 0.0600. The Bertz CT molecular complexity index is 990. The Morgan fingerprint density at radius 1 is 0.893 bits per heavy atom. The average molecular weight is 378 g/mol. The molecular weight excluding hydrogens is 360 g/mol. The van der Waals surface area contributed by atoms with Crippen molar-refractivity contribution in [2.24, 2.45) is 0 Å². The Morgan fingerprint density at radius 3 is 2.32 bits per heavy atom. The van der Waals surface area contributed by atoms with Gasteiger partial charge in [0, 0.05) is 29.8 Å². The number of benzene rings is 2. The lowest BCUT2D eigenvalue weighted by Gasteiger charge is -2.08. The van der Waals surface area contributed by atoms with Crippen molar-refractivity contribution >= 4 is 29.2 Å². The van der Waals surface area contributed by atoms with Gasteiger partial charge in [0.25, 0.3) is 5.91 Å². The van der Waals surface area contributed by atoms with Crippen molar-refractivity contribution in [3.8, 4) is 5.75 Å². The Hall–Kier alpha value is -3.94. The number of aromatic nitrogens is 2. The quantitative estimate of drug-likeness (QED) is 0.635. The first-order chi connectivity index (χ1) is 13.6. The number of methoxy groups -OCH3 is 2. The molecule has 8 nitrogen and oxygen atoms in total. The van der Waals surface area contributed by atoms with Crippen molar-refractivity contribution in [2.45, 2.75) is 0 Å².